The van der Waals surface area contributed by atoms with Gasteiger partial charge in [-0.3, -0.25) is 14.5 Å². The van der Waals surface area contributed by atoms with Crippen LogP contribution in [0.1, 0.15) is 19.8 Å². The molecule has 0 aliphatic carbocycles. The van der Waals surface area contributed by atoms with Gasteiger partial charge in [-0.2, -0.15) is 0 Å². The molecule has 1 unspecified atom stereocenters. The first-order valence-electron chi connectivity index (χ1n) is 9.40. The van der Waals surface area contributed by atoms with Gasteiger partial charge in [0.05, 0.1) is 24.6 Å². The summed E-state index contributed by atoms with van der Waals surface area (Å²) in [6.07, 6.45) is -0.894. The fourth-order valence-electron chi connectivity index (χ4n) is 4.46. The Morgan fingerprint density at radius 2 is 2.07 bits per heavy atom. The number of β-lactam (4-membered cyclic amide) rings is 1. The van der Waals surface area contributed by atoms with Crippen molar-refractivity contribution in [1.82, 2.24) is 20.9 Å². The Morgan fingerprint density at radius 3 is 2.71 bits per heavy atom. The minimum Gasteiger partial charge on any atom is -0.449 e. The monoisotopic (exact) mass is 412 g/mol. The molecular formula is C17H24N4O6S. The second-order valence-corrected chi connectivity index (χ2v) is 9.02. The number of aliphatic hydroxyl groups excluding tert-OH is 1. The summed E-state index contributed by atoms with van der Waals surface area (Å²) in [6, 6.07) is 0.106. The summed E-state index contributed by atoms with van der Waals surface area (Å²) in [7, 11) is 0. The molecule has 0 aromatic rings. The third kappa shape index (κ3) is 3.47. The van der Waals surface area contributed by atoms with E-state index in [1.54, 1.807) is 6.92 Å². The van der Waals surface area contributed by atoms with E-state index in [-0.39, 0.29) is 41.1 Å². The maximum absolute atomic E-state index is 12.3. The summed E-state index contributed by atoms with van der Waals surface area (Å²) in [4.78, 5) is 36.9. The number of fused-ring (bicyclic) bond motifs is 1. The van der Waals surface area contributed by atoms with E-state index in [0.29, 0.717) is 19.5 Å². The lowest BCUT2D eigenvalue weighted by molar-refractivity contribution is -0.161. The Kier molecular flexibility index (Phi) is 5.25. The van der Waals surface area contributed by atoms with Crippen molar-refractivity contribution < 1.29 is 29.3 Å². The number of ether oxygens (including phenoxy) is 1. The van der Waals surface area contributed by atoms with Gasteiger partial charge in [0, 0.05) is 41.7 Å². The normalized spacial score (nSPS) is 36.1. The van der Waals surface area contributed by atoms with Crippen molar-refractivity contribution in [1.29, 1.82) is 0 Å². The summed E-state index contributed by atoms with van der Waals surface area (Å²) >= 11 is 1.53. The fourth-order valence-corrected chi connectivity index (χ4v) is 5.85. The Balaban J connectivity index is 1.42. The Morgan fingerprint density at radius 1 is 1.29 bits per heavy atom. The second-order valence-electron chi connectivity index (χ2n) is 7.62. The van der Waals surface area contributed by atoms with E-state index in [1.807, 2.05) is 0 Å². The maximum atomic E-state index is 12.3. The van der Waals surface area contributed by atoms with Gasteiger partial charge in [-0.1, -0.05) is 0 Å². The van der Waals surface area contributed by atoms with E-state index >= 15 is 0 Å². The molecule has 0 aromatic heterocycles. The molecule has 10 nitrogen and oxygen atoms in total. The number of hydrogen-bond acceptors (Lipinski definition) is 8. The van der Waals surface area contributed by atoms with Crippen molar-refractivity contribution >= 4 is 29.7 Å². The first kappa shape index (κ1) is 19.5. The van der Waals surface area contributed by atoms with Crippen LogP contribution in [0, 0.1) is 5.92 Å². The Labute approximate surface area is 166 Å². The third-order valence-electron chi connectivity index (χ3n) is 5.79. The quantitative estimate of drug-likeness (QED) is 0.284. The number of carboxylic acid groups (broad SMARTS) is 1. The highest BCUT2D eigenvalue weighted by atomic mass is 32.2. The van der Waals surface area contributed by atoms with Crippen LogP contribution in [0.4, 0.5) is 4.79 Å². The summed E-state index contributed by atoms with van der Waals surface area (Å²) in [5.41, 5.74) is 0. The smallest absolute Gasteiger partial charge is 0.449 e. The number of carbonyl (C=O) groups is 3. The van der Waals surface area contributed by atoms with Gasteiger partial charge in [-0.25, -0.2) is 4.79 Å². The molecule has 0 bridgehead atoms. The predicted octanol–water partition coefficient (Wildman–Crippen LogP) is -0.987. The number of amides is 2. The first-order chi connectivity index (χ1) is 13.3. The molecule has 28 heavy (non-hydrogen) atoms. The molecule has 11 heteroatoms. The minimum atomic E-state index is -1.45. The number of piperazine rings is 1. The number of nitrogens with zero attached hydrogens (tertiary/aromatic N) is 1. The van der Waals surface area contributed by atoms with Gasteiger partial charge in [-0.05, 0) is 13.3 Å². The van der Waals surface area contributed by atoms with Crippen LogP contribution in [0.25, 0.3) is 0 Å². The topological polar surface area (TPSA) is 140 Å². The molecule has 0 aromatic carbocycles. The van der Waals surface area contributed by atoms with Crippen molar-refractivity contribution in [2.45, 2.75) is 49.2 Å². The lowest BCUT2D eigenvalue weighted by atomic mass is 9.84. The summed E-state index contributed by atoms with van der Waals surface area (Å²) < 4.78 is 4.94. The molecule has 3 saturated heterocycles. The van der Waals surface area contributed by atoms with Crippen molar-refractivity contribution in [3.63, 3.8) is 0 Å². The van der Waals surface area contributed by atoms with Crippen LogP contribution in [-0.4, -0.2) is 82.2 Å². The SMILES string of the molecule is C[C@@H](O)[C@H]1C(=O)N2C(OC(=O)O)=C(S[C@@H]3CN[C@H](C4CNC(=O)CN4)C3)C[C@H]12. The lowest BCUT2D eigenvalue weighted by Gasteiger charge is -2.44. The molecule has 3 fully saturated rings. The van der Waals surface area contributed by atoms with Crippen LogP contribution < -0.4 is 16.0 Å². The van der Waals surface area contributed by atoms with E-state index in [0.717, 1.165) is 17.9 Å². The molecule has 4 aliphatic rings. The second kappa shape index (κ2) is 7.54. The highest BCUT2D eigenvalue weighted by Gasteiger charge is 2.57. The number of hydrogen-bond donors (Lipinski definition) is 5. The molecular weight excluding hydrogens is 388 g/mol. The van der Waals surface area contributed by atoms with Crippen molar-refractivity contribution in [2.24, 2.45) is 5.92 Å². The molecule has 4 aliphatic heterocycles. The Bertz CT molecular complexity index is 718. The minimum absolute atomic E-state index is 0.00592. The fraction of sp³-hybridized carbons (Fsp3) is 0.706. The molecule has 2 amide bonds. The first-order valence-corrected chi connectivity index (χ1v) is 10.3. The van der Waals surface area contributed by atoms with Crippen molar-refractivity contribution in [3.05, 3.63) is 10.8 Å². The average molecular weight is 412 g/mol. The van der Waals surface area contributed by atoms with Gasteiger partial charge in [0.1, 0.15) is 0 Å². The van der Waals surface area contributed by atoms with Gasteiger partial charge < -0.3 is 30.9 Å². The van der Waals surface area contributed by atoms with Crippen LogP contribution in [0.15, 0.2) is 10.8 Å². The number of thioether (sulfide) groups is 1. The van der Waals surface area contributed by atoms with Crippen molar-refractivity contribution in [2.75, 3.05) is 19.6 Å². The van der Waals surface area contributed by atoms with E-state index in [2.05, 4.69) is 16.0 Å². The van der Waals surface area contributed by atoms with Crippen LogP contribution in [0.2, 0.25) is 0 Å². The zero-order valence-corrected chi connectivity index (χ0v) is 16.2. The highest BCUT2D eigenvalue weighted by molar-refractivity contribution is 8.03. The van der Waals surface area contributed by atoms with Gasteiger partial charge in [0.15, 0.2) is 0 Å². The van der Waals surface area contributed by atoms with Crippen LogP contribution in [0.5, 0.6) is 0 Å². The molecule has 0 radical (unpaired) electrons. The number of carbonyl (C=O) groups excluding carboxylic acids is 2. The van der Waals surface area contributed by atoms with Crippen LogP contribution >= 0.6 is 11.8 Å². The zero-order valence-electron chi connectivity index (χ0n) is 15.4. The molecule has 154 valence electrons. The van der Waals surface area contributed by atoms with Gasteiger partial charge in [-0.15, -0.1) is 11.8 Å². The number of nitrogens with one attached hydrogen (secondary N) is 3. The maximum Gasteiger partial charge on any atom is 0.512 e. The molecule has 5 N–H and O–H groups in total. The van der Waals surface area contributed by atoms with E-state index in [1.165, 1.54) is 16.7 Å². The van der Waals surface area contributed by atoms with E-state index in [9.17, 15) is 19.5 Å². The van der Waals surface area contributed by atoms with Crippen LogP contribution in [0.3, 0.4) is 0 Å². The zero-order chi connectivity index (χ0) is 20.0. The van der Waals surface area contributed by atoms with Crippen molar-refractivity contribution in [3.8, 4) is 0 Å². The summed E-state index contributed by atoms with van der Waals surface area (Å²) in [6.45, 7) is 3.19. The average Bonchev–Trinajstić information content (AvgIpc) is 3.18. The van der Waals surface area contributed by atoms with Crippen LogP contribution in [-0.2, 0) is 14.3 Å². The molecule has 4 rings (SSSR count). The van der Waals surface area contributed by atoms with E-state index in [4.69, 9.17) is 9.84 Å². The molecule has 6 atom stereocenters. The molecule has 0 saturated carbocycles. The van der Waals surface area contributed by atoms with Gasteiger partial charge in [0.25, 0.3) is 0 Å². The number of rotatable bonds is 5. The largest absolute Gasteiger partial charge is 0.512 e. The molecule has 0 spiro atoms. The predicted molar refractivity (Wildman–Crippen MR) is 99.1 cm³/mol. The summed E-state index contributed by atoms with van der Waals surface area (Å²) in [5.74, 6) is -0.726. The van der Waals surface area contributed by atoms with Gasteiger partial charge in [0.2, 0.25) is 17.7 Å². The van der Waals surface area contributed by atoms with Gasteiger partial charge >= 0.3 is 6.16 Å². The lowest BCUT2D eigenvalue weighted by Crippen LogP contribution is -2.61. The third-order valence-corrected chi connectivity index (χ3v) is 7.11. The Hall–Kier alpha value is -1.82. The van der Waals surface area contributed by atoms with E-state index < -0.39 is 18.2 Å². The molecule has 4 heterocycles. The standard InChI is InChI=1S/C17H24N4O6S/c1-7(22)14-11-3-12(16(27-17(25)26)21(11)15(14)24)28-8-2-9(18-4-8)10-5-20-13(23)6-19-10/h7-11,14,18-19,22H,2-6H2,1H3,(H,20,23)(H,25,26)/t7-,8+,9+,10?,11-,14-/m1/s1. The highest BCUT2D eigenvalue weighted by Crippen LogP contribution is 2.48. The summed E-state index contributed by atoms with van der Waals surface area (Å²) in [5, 5.41) is 28.7. The number of aliphatic hydroxyl groups is 1.